The number of hydrogen-bond acceptors (Lipinski definition) is 3. The van der Waals surface area contributed by atoms with E-state index in [1.54, 1.807) is 0 Å². The lowest BCUT2D eigenvalue weighted by atomic mass is 9.65. The molecule has 0 aliphatic carbocycles. The average molecular weight is 608 g/mol. The molecule has 0 bridgehead atoms. The van der Waals surface area contributed by atoms with Gasteiger partial charge in [0.15, 0.2) is 0 Å². The largest absolute Gasteiger partial charge is 0.342 e. The third kappa shape index (κ3) is 6.32. The molecule has 1 aliphatic heterocycles. The van der Waals surface area contributed by atoms with Crippen LogP contribution in [0.5, 0.6) is 0 Å². The lowest BCUT2D eigenvalue weighted by Crippen LogP contribution is -2.60. The summed E-state index contributed by atoms with van der Waals surface area (Å²) < 4.78 is 0. The Hall–Kier alpha value is -2.05. The molecule has 0 radical (unpaired) electrons. The van der Waals surface area contributed by atoms with Gasteiger partial charge in [-0.1, -0.05) is 98.2 Å². The lowest BCUT2D eigenvalue weighted by Gasteiger charge is -2.53. The predicted octanol–water partition coefficient (Wildman–Crippen LogP) is 7.89. The van der Waals surface area contributed by atoms with Crippen LogP contribution in [0.25, 0.3) is 11.4 Å². The summed E-state index contributed by atoms with van der Waals surface area (Å²) >= 11 is 6.62. The smallest absolute Gasteiger partial charge is 0.139 e. The fourth-order valence-corrected chi connectivity index (χ4v) is 6.32. The van der Waals surface area contributed by atoms with Crippen LogP contribution in [0, 0.1) is 12.8 Å². The van der Waals surface area contributed by atoms with Gasteiger partial charge in [-0.05, 0) is 36.1 Å². The van der Waals surface area contributed by atoms with Crippen LogP contribution in [0.2, 0.25) is 5.02 Å². The Morgan fingerprint density at radius 3 is 1.82 bits per heavy atom. The van der Waals surface area contributed by atoms with Gasteiger partial charge in [0.1, 0.15) is 5.82 Å². The van der Waals surface area contributed by atoms with Crippen molar-refractivity contribution in [1.29, 1.82) is 0 Å². The Balaban J connectivity index is 0.00000178. The van der Waals surface area contributed by atoms with E-state index in [0.29, 0.717) is 5.02 Å². The highest BCUT2D eigenvalue weighted by Crippen LogP contribution is 2.51. The summed E-state index contributed by atoms with van der Waals surface area (Å²) in [6, 6.07) is 29.8. The number of rotatable bonds is 7. The second-order valence-electron chi connectivity index (χ2n) is 10.0. The van der Waals surface area contributed by atoms with E-state index < -0.39 is 0 Å². The summed E-state index contributed by atoms with van der Waals surface area (Å²) in [5.41, 5.74) is 5.36. The number of halogens is 4. The Morgan fingerprint density at radius 1 is 0.795 bits per heavy atom. The van der Waals surface area contributed by atoms with Crippen molar-refractivity contribution in [1.82, 2.24) is 20.2 Å². The normalized spacial score (nSPS) is 15.1. The van der Waals surface area contributed by atoms with Gasteiger partial charge in [-0.3, -0.25) is 4.90 Å². The van der Waals surface area contributed by atoms with E-state index in [4.69, 9.17) is 16.6 Å². The lowest BCUT2D eigenvalue weighted by molar-refractivity contribution is 0.0108. The van der Waals surface area contributed by atoms with E-state index in [2.05, 4.69) is 96.6 Å². The number of hydrogen-bond donors (Lipinski definition) is 2. The Labute approximate surface area is 256 Å². The molecule has 1 saturated heterocycles. The summed E-state index contributed by atoms with van der Waals surface area (Å²) in [7, 11) is 0. The first-order chi connectivity index (χ1) is 17.5. The molecule has 1 atom stereocenters. The van der Waals surface area contributed by atoms with Crippen molar-refractivity contribution in [2.24, 2.45) is 5.92 Å². The number of nitrogens with zero attached hydrogens (tertiary/aromatic N) is 2. The number of aryl methyl sites for hydroxylation is 1. The maximum absolute atomic E-state index is 6.62. The van der Waals surface area contributed by atoms with Gasteiger partial charge in [-0.15, -0.1) is 37.2 Å². The quantitative estimate of drug-likeness (QED) is 0.224. The Kier molecular flexibility index (Phi) is 12.4. The monoisotopic (exact) mass is 606 g/mol. The molecule has 0 saturated carbocycles. The zero-order chi connectivity index (χ0) is 25.1. The Bertz CT molecular complexity index is 1250. The summed E-state index contributed by atoms with van der Waals surface area (Å²) in [6.07, 6.45) is 0. The van der Waals surface area contributed by atoms with E-state index in [9.17, 15) is 0 Å². The highest BCUT2D eigenvalue weighted by atomic mass is 35.5. The van der Waals surface area contributed by atoms with Crippen LogP contribution in [-0.2, 0) is 5.54 Å². The van der Waals surface area contributed by atoms with Crippen LogP contribution in [0.3, 0.4) is 0 Å². The standard InChI is InChI=1S/C31H35ClN4.3ClH/c1-22(2)31(36-20-18-33-19-21-36,28(24-12-6-4-7-13-24)25-14-8-5-9-15-25)29-23(3)34-30(35-29)26-16-10-11-17-27(26)32;;;/h4-17,22,28,33H,18-21H2,1-3H3,(H,34,35);3*1H. The number of aromatic nitrogens is 2. The van der Waals surface area contributed by atoms with Gasteiger partial charge >= 0.3 is 0 Å². The molecule has 1 aromatic heterocycles. The zero-order valence-electron chi connectivity index (χ0n) is 22.6. The summed E-state index contributed by atoms with van der Waals surface area (Å²) in [5, 5.41) is 4.27. The number of piperazine rings is 1. The molecular formula is C31H38Cl4N4. The first-order valence-electron chi connectivity index (χ1n) is 12.9. The minimum atomic E-state index is -0.370. The third-order valence-corrected chi connectivity index (χ3v) is 7.95. The molecule has 1 unspecified atom stereocenters. The van der Waals surface area contributed by atoms with Crippen molar-refractivity contribution >= 4 is 48.8 Å². The molecule has 3 aromatic carbocycles. The summed E-state index contributed by atoms with van der Waals surface area (Å²) in [6.45, 7) is 10.7. The van der Waals surface area contributed by atoms with Gasteiger partial charge in [-0.2, -0.15) is 0 Å². The van der Waals surface area contributed by atoms with Crippen molar-refractivity contribution in [3.63, 3.8) is 0 Å². The van der Waals surface area contributed by atoms with Gasteiger partial charge in [-0.25, -0.2) is 4.98 Å². The highest BCUT2D eigenvalue weighted by Gasteiger charge is 2.51. The van der Waals surface area contributed by atoms with E-state index in [-0.39, 0.29) is 54.6 Å². The second kappa shape index (κ2) is 14.5. The van der Waals surface area contributed by atoms with Crippen LogP contribution in [0.4, 0.5) is 0 Å². The molecule has 4 nitrogen and oxygen atoms in total. The molecule has 0 amide bonds. The molecule has 210 valence electrons. The van der Waals surface area contributed by atoms with Crippen LogP contribution >= 0.6 is 48.8 Å². The first kappa shape index (κ1) is 33.2. The van der Waals surface area contributed by atoms with Crippen molar-refractivity contribution < 1.29 is 0 Å². The molecule has 4 aromatic rings. The maximum atomic E-state index is 6.62. The van der Waals surface area contributed by atoms with Crippen LogP contribution in [-0.4, -0.2) is 41.0 Å². The number of H-pyrrole nitrogens is 1. The second-order valence-corrected chi connectivity index (χ2v) is 10.4. The fraction of sp³-hybridized carbons (Fsp3) is 0.323. The fourth-order valence-electron chi connectivity index (χ4n) is 6.10. The van der Waals surface area contributed by atoms with Crippen molar-refractivity contribution in [2.75, 3.05) is 26.2 Å². The molecule has 0 spiro atoms. The van der Waals surface area contributed by atoms with Crippen molar-refractivity contribution in [2.45, 2.75) is 32.2 Å². The van der Waals surface area contributed by atoms with Gasteiger partial charge in [0, 0.05) is 43.4 Å². The third-order valence-electron chi connectivity index (χ3n) is 7.62. The van der Waals surface area contributed by atoms with Gasteiger partial charge < -0.3 is 10.3 Å². The highest BCUT2D eigenvalue weighted by molar-refractivity contribution is 6.33. The number of benzene rings is 3. The van der Waals surface area contributed by atoms with E-state index >= 15 is 0 Å². The topological polar surface area (TPSA) is 44.0 Å². The number of aromatic amines is 1. The predicted molar refractivity (Wildman–Crippen MR) is 171 cm³/mol. The average Bonchev–Trinajstić information content (AvgIpc) is 3.30. The molecule has 1 aliphatic rings. The minimum absolute atomic E-state index is 0. The van der Waals surface area contributed by atoms with Gasteiger partial charge in [0.05, 0.1) is 16.3 Å². The Morgan fingerprint density at radius 2 is 1.31 bits per heavy atom. The maximum Gasteiger partial charge on any atom is 0.139 e. The summed E-state index contributed by atoms with van der Waals surface area (Å²) in [4.78, 5) is 11.7. The summed E-state index contributed by atoms with van der Waals surface area (Å²) in [5.74, 6) is 1.20. The van der Waals surface area contributed by atoms with Crippen LogP contribution in [0.1, 0.15) is 42.3 Å². The molecule has 2 N–H and O–H groups in total. The van der Waals surface area contributed by atoms with E-state index in [1.165, 1.54) is 11.1 Å². The van der Waals surface area contributed by atoms with Crippen LogP contribution < -0.4 is 5.32 Å². The van der Waals surface area contributed by atoms with Crippen LogP contribution in [0.15, 0.2) is 84.9 Å². The molecule has 5 rings (SSSR count). The molecule has 39 heavy (non-hydrogen) atoms. The molecular weight excluding hydrogens is 570 g/mol. The molecule has 1 fully saturated rings. The van der Waals surface area contributed by atoms with Crippen molar-refractivity contribution in [3.8, 4) is 11.4 Å². The van der Waals surface area contributed by atoms with Gasteiger partial charge in [0.2, 0.25) is 0 Å². The van der Waals surface area contributed by atoms with E-state index in [0.717, 1.165) is 49.0 Å². The molecule has 8 heteroatoms. The first-order valence-corrected chi connectivity index (χ1v) is 13.3. The zero-order valence-corrected chi connectivity index (χ0v) is 25.8. The SMILES string of the molecule is Cc1[nH]c(-c2ccccc2Cl)nc1C(C(C)C)(C(c1ccccc1)c1ccccc1)N1CCNCC1.Cl.Cl.Cl. The minimum Gasteiger partial charge on any atom is -0.342 e. The van der Waals surface area contributed by atoms with Crippen molar-refractivity contribution in [3.05, 3.63) is 112 Å². The number of nitrogens with one attached hydrogen (secondary N) is 2. The molecule has 2 heterocycles. The van der Waals surface area contributed by atoms with Gasteiger partial charge in [0.25, 0.3) is 0 Å². The number of imidazole rings is 1. The van der Waals surface area contributed by atoms with E-state index in [1.807, 2.05) is 24.3 Å².